The van der Waals surface area contributed by atoms with Crippen molar-refractivity contribution in [1.29, 1.82) is 10.8 Å². The number of anilines is 1. The molecule has 4 rings (SSSR count). The Morgan fingerprint density at radius 1 is 1.12 bits per heavy atom. The molecule has 1 aromatic carbocycles. The van der Waals surface area contributed by atoms with Crippen molar-refractivity contribution in [2.24, 2.45) is 0 Å². The summed E-state index contributed by atoms with van der Waals surface area (Å²) in [4.78, 5) is 7.30. The van der Waals surface area contributed by atoms with E-state index < -0.39 is 0 Å². The Morgan fingerprint density at radius 2 is 1.88 bits per heavy atom. The number of nitrogens with zero attached hydrogens (tertiary/aromatic N) is 2. The van der Waals surface area contributed by atoms with Crippen molar-refractivity contribution in [3.8, 4) is 0 Å². The molecular formula is C27H37N5O. The zero-order valence-electron chi connectivity index (χ0n) is 19.9. The number of fused-ring (bicyclic) bond motifs is 1. The van der Waals surface area contributed by atoms with Gasteiger partial charge < -0.3 is 26.1 Å². The Balaban J connectivity index is 1.54. The normalized spacial score (nSPS) is 22.2. The third-order valence-corrected chi connectivity index (χ3v) is 7.05. The molecule has 176 valence electrons. The van der Waals surface area contributed by atoms with Gasteiger partial charge in [-0.15, -0.1) is 0 Å². The van der Waals surface area contributed by atoms with Crippen molar-refractivity contribution < 1.29 is 5.11 Å². The van der Waals surface area contributed by atoms with Crippen LogP contribution in [0.1, 0.15) is 63.0 Å². The zero-order chi connectivity index (χ0) is 23.4. The molecule has 2 heterocycles. The highest BCUT2D eigenvalue weighted by Gasteiger charge is 2.28. The summed E-state index contributed by atoms with van der Waals surface area (Å²) < 4.78 is 0. The summed E-state index contributed by atoms with van der Waals surface area (Å²) >= 11 is 0. The summed E-state index contributed by atoms with van der Waals surface area (Å²) in [7, 11) is 0. The number of allylic oxidation sites excluding steroid dienone is 2. The number of hydrogen-bond acceptors (Lipinski definition) is 6. The minimum Gasteiger partial charge on any atom is -0.392 e. The summed E-state index contributed by atoms with van der Waals surface area (Å²) in [6.45, 7) is 5.77. The molecule has 0 amide bonds. The molecule has 1 saturated carbocycles. The van der Waals surface area contributed by atoms with E-state index in [-0.39, 0.29) is 12.1 Å². The minimum atomic E-state index is -0.219. The molecule has 2 fully saturated rings. The number of aryl methyl sites for hydroxylation is 1. The molecule has 2 aromatic rings. The van der Waals surface area contributed by atoms with Gasteiger partial charge in [-0.1, -0.05) is 31.4 Å². The Bertz CT molecular complexity index is 1040. The van der Waals surface area contributed by atoms with Crippen LogP contribution in [-0.4, -0.2) is 52.8 Å². The van der Waals surface area contributed by atoms with E-state index in [0.29, 0.717) is 23.9 Å². The lowest BCUT2D eigenvalue weighted by Crippen LogP contribution is -2.51. The van der Waals surface area contributed by atoms with Crippen LogP contribution < -0.4 is 10.2 Å². The number of benzene rings is 1. The third kappa shape index (κ3) is 5.68. The summed E-state index contributed by atoms with van der Waals surface area (Å²) in [6, 6.07) is 8.97. The predicted molar refractivity (Wildman–Crippen MR) is 137 cm³/mol. The second-order valence-corrected chi connectivity index (χ2v) is 9.57. The van der Waals surface area contributed by atoms with Gasteiger partial charge in [0, 0.05) is 41.8 Å². The van der Waals surface area contributed by atoms with Crippen LogP contribution in [0.25, 0.3) is 10.9 Å². The zero-order valence-corrected chi connectivity index (χ0v) is 19.9. The third-order valence-electron chi connectivity index (χ3n) is 7.05. The van der Waals surface area contributed by atoms with E-state index in [1.165, 1.54) is 12.0 Å². The first kappa shape index (κ1) is 23.6. The molecule has 0 radical (unpaired) electrons. The number of rotatable bonds is 7. The largest absolute Gasteiger partial charge is 0.392 e. The molecule has 33 heavy (non-hydrogen) atoms. The average Bonchev–Trinajstić information content (AvgIpc) is 2.83. The first-order valence-electron chi connectivity index (χ1n) is 12.4. The average molecular weight is 448 g/mol. The van der Waals surface area contributed by atoms with Gasteiger partial charge in [0.2, 0.25) is 0 Å². The van der Waals surface area contributed by atoms with Gasteiger partial charge in [-0.3, -0.25) is 0 Å². The molecule has 0 bridgehead atoms. The maximum absolute atomic E-state index is 10.3. The van der Waals surface area contributed by atoms with Crippen molar-refractivity contribution >= 4 is 28.1 Å². The lowest BCUT2D eigenvalue weighted by Gasteiger charge is -2.38. The van der Waals surface area contributed by atoms with Crippen LogP contribution >= 0.6 is 0 Å². The van der Waals surface area contributed by atoms with Gasteiger partial charge in [-0.05, 0) is 69.4 Å². The van der Waals surface area contributed by atoms with E-state index >= 15 is 0 Å². The fourth-order valence-electron chi connectivity index (χ4n) is 4.98. The highest BCUT2D eigenvalue weighted by atomic mass is 16.3. The molecular weight excluding hydrogens is 410 g/mol. The second kappa shape index (κ2) is 10.6. The number of piperidine rings is 1. The summed E-state index contributed by atoms with van der Waals surface area (Å²) in [5.41, 5.74) is 3.85. The molecule has 6 heteroatoms. The number of nitrogens with one attached hydrogen (secondary N) is 3. The first-order chi connectivity index (χ1) is 15.9. The number of pyridine rings is 1. The van der Waals surface area contributed by atoms with E-state index in [9.17, 15) is 5.11 Å². The molecule has 1 aliphatic carbocycles. The van der Waals surface area contributed by atoms with E-state index in [1.807, 2.05) is 6.92 Å². The lowest BCUT2D eigenvalue weighted by atomic mass is 9.91. The monoisotopic (exact) mass is 447 g/mol. The van der Waals surface area contributed by atoms with Gasteiger partial charge in [-0.2, -0.15) is 0 Å². The van der Waals surface area contributed by atoms with Crippen molar-refractivity contribution in [1.82, 2.24) is 10.3 Å². The summed E-state index contributed by atoms with van der Waals surface area (Å²) in [5.74, 6) is 0.861. The molecule has 1 aliphatic heterocycles. The Hall–Kier alpha value is -2.57. The maximum atomic E-state index is 10.3. The van der Waals surface area contributed by atoms with Crippen molar-refractivity contribution in [3.63, 3.8) is 0 Å². The fraction of sp³-hybridized carbons (Fsp3) is 0.519. The number of aliphatic hydroxyl groups excluding tert-OH is 1. The molecule has 0 unspecified atom stereocenters. The smallest absolute Gasteiger partial charge is 0.138 e. The van der Waals surface area contributed by atoms with Gasteiger partial charge in [0.15, 0.2) is 0 Å². The van der Waals surface area contributed by atoms with Crippen LogP contribution in [0.15, 0.2) is 36.4 Å². The van der Waals surface area contributed by atoms with Gasteiger partial charge in [0.05, 0.1) is 17.3 Å². The molecule has 2 atom stereocenters. The maximum Gasteiger partial charge on any atom is 0.138 e. The van der Waals surface area contributed by atoms with E-state index in [2.05, 4.69) is 41.4 Å². The van der Waals surface area contributed by atoms with Crippen LogP contribution in [0.5, 0.6) is 0 Å². The SMILES string of the molecule is CCC(=N)C=CC(=N)c1cc2cc(C)ccc2nc1N1CCC(N[C@H]2CCCC[C@@H]2O)CC1. The number of aromatic nitrogens is 1. The minimum absolute atomic E-state index is 0.219. The summed E-state index contributed by atoms with van der Waals surface area (Å²) in [6.07, 6.45) is 10.2. The molecule has 4 N–H and O–H groups in total. The van der Waals surface area contributed by atoms with Gasteiger partial charge >= 0.3 is 0 Å². The molecule has 6 nitrogen and oxygen atoms in total. The second-order valence-electron chi connectivity index (χ2n) is 9.57. The van der Waals surface area contributed by atoms with Crippen molar-refractivity contribution in [3.05, 3.63) is 47.5 Å². The van der Waals surface area contributed by atoms with Gasteiger partial charge in [-0.25, -0.2) is 4.98 Å². The van der Waals surface area contributed by atoms with Crippen LogP contribution in [0, 0.1) is 17.7 Å². The number of hydrogen-bond donors (Lipinski definition) is 4. The topological polar surface area (TPSA) is 96.1 Å². The predicted octanol–water partition coefficient (Wildman–Crippen LogP) is 4.76. The van der Waals surface area contributed by atoms with Crippen LogP contribution in [-0.2, 0) is 0 Å². The molecule has 0 spiro atoms. The summed E-state index contributed by atoms with van der Waals surface area (Å²) in [5, 5.41) is 31.7. The molecule has 2 aliphatic rings. The lowest BCUT2D eigenvalue weighted by molar-refractivity contribution is 0.0828. The van der Waals surface area contributed by atoms with Crippen LogP contribution in [0.2, 0.25) is 0 Å². The van der Waals surface area contributed by atoms with Gasteiger partial charge in [0.1, 0.15) is 5.82 Å². The van der Waals surface area contributed by atoms with Crippen molar-refractivity contribution in [2.75, 3.05) is 18.0 Å². The van der Waals surface area contributed by atoms with Gasteiger partial charge in [0.25, 0.3) is 0 Å². The highest BCUT2D eigenvalue weighted by Crippen LogP contribution is 2.28. The first-order valence-corrected chi connectivity index (χ1v) is 12.4. The fourth-order valence-corrected chi connectivity index (χ4v) is 4.98. The Kier molecular flexibility index (Phi) is 7.56. The van der Waals surface area contributed by atoms with E-state index in [4.69, 9.17) is 15.8 Å². The molecule has 1 saturated heterocycles. The van der Waals surface area contributed by atoms with Crippen LogP contribution in [0.4, 0.5) is 5.82 Å². The van der Waals surface area contributed by atoms with E-state index in [0.717, 1.165) is 67.5 Å². The quantitative estimate of drug-likeness (QED) is 0.460. The van der Waals surface area contributed by atoms with Crippen LogP contribution in [0.3, 0.4) is 0 Å². The van der Waals surface area contributed by atoms with E-state index in [1.54, 1.807) is 12.2 Å². The Labute approximate surface area is 197 Å². The number of aliphatic hydroxyl groups is 1. The molecule has 1 aromatic heterocycles. The standard InChI is InChI=1S/C27H37N5O/c1-3-20(28)9-10-23(29)22-17-19-16-18(2)8-11-24(19)31-27(22)32-14-12-21(13-15-32)30-25-6-4-5-7-26(25)33/h8-11,16-17,21,25-26,28-30,33H,3-7,12-15H2,1-2H3/t25-,26-/m0/s1. The highest BCUT2D eigenvalue weighted by molar-refractivity contribution is 6.13. The Morgan fingerprint density at radius 3 is 2.61 bits per heavy atom. The van der Waals surface area contributed by atoms with Crippen molar-refractivity contribution in [2.45, 2.75) is 77.0 Å².